The molecule has 1 saturated carbocycles. The number of hydrogen-bond donors (Lipinski definition) is 1. The van der Waals surface area contributed by atoms with Crippen molar-refractivity contribution in [2.24, 2.45) is 0 Å². The maximum atomic E-state index is 5.47. The molecule has 2 heterocycles. The van der Waals surface area contributed by atoms with Gasteiger partial charge in [0.25, 0.3) is 5.89 Å². The lowest BCUT2D eigenvalue weighted by molar-refractivity contribution is 0.190. The zero-order chi connectivity index (χ0) is 13.2. The number of rotatable bonds is 2. The van der Waals surface area contributed by atoms with Gasteiger partial charge in [-0.2, -0.15) is 4.98 Å². The Morgan fingerprint density at radius 1 is 1.37 bits per heavy atom. The molecule has 1 N–H and O–H groups in total. The van der Waals surface area contributed by atoms with Gasteiger partial charge in [0.05, 0.1) is 6.04 Å². The summed E-state index contributed by atoms with van der Waals surface area (Å²) >= 11 is 0. The topological polar surface area (TPSA) is 54.2 Å². The minimum atomic E-state index is 0.229. The lowest BCUT2D eigenvalue weighted by Gasteiger charge is -2.30. The molecule has 0 amide bonds. The molecule has 5 heteroatoms. The first kappa shape index (κ1) is 12.8. The van der Waals surface area contributed by atoms with Gasteiger partial charge in [-0.3, -0.25) is 4.90 Å². The van der Waals surface area contributed by atoms with E-state index in [-0.39, 0.29) is 6.04 Å². The van der Waals surface area contributed by atoms with E-state index in [4.69, 9.17) is 4.52 Å². The van der Waals surface area contributed by atoms with Crippen molar-refractivity contribution in [2.45, 2.75) is 38.6 Å². The van der Waals surface area contributed by atoms with E-state index in [9.17, 15) is 0 Å². The zero-order valence-electron chi connectivity index (χ0n) is 11.8. The molecule has 1 aromatic rings. The standard InChI is InChI=1S/C14H22N4O/c1-10(11-5-3-4-6-11)14-16-13(17-19-14)12-9-15-7-8-18(12)2/h12,15H,3-9H2,1-2H3. The predicted molar refractivity (Wildman–Crippen MR) is 73.6 cm³/mol. The molecule has 1 aromatic heterocycles. The zero-order valence-corrected chi connectivity index (χ0v) is 11.8. The molecular weight excluding hydrogens is 240 g/mol. The van der Waals surface area contributed by atoms with Gasteiger partial charge in [0, 0.05) is 25.2 Å². The van der Waals surface area contributed by atoms with Crippen molar-refractivity contribution in [1.82, 2.24) is 20.4 Å². The van der Waals surface area contributed by atoms with Gasteiger partial charge in [-0.25, -0.2) is 0 Å². The van der Waals surface area contributed by atoms with E-state index in [1.54, 1.807) is 0 Å². The summed E-state index contributed by atoms with van der Waals surface area (Å²) in [6.07, 6.45) is 4.97. The van der Waals surface area contributed by atoms with Crippen LogP contribution in [0.2, 0.25) is 0 Å². The first-order chi connectivity index (χ1) is 9.25. The number of nitrogens with one attached hydrogen (secondary N) is 1. The van der Waals surface area contributed by atoms with E-state index in [2.05, 4.69) is 34.3 Å². The van der Waals surface area contributed by atoms with Gasteiger partial charge in [0.15, 0.2) is 5.82 Å². The number of allylic oxidation sites excluding steroid dienone is 2. The van der Waals surface area contributed by atoms with Crippen LogP contribution in [-0.2, 0) is 0 Å². The van der Waals surface area contributed by atoms with Crippen LogP contribution >= 0.6 is 0 Å². The summed E-state index contributed by atoms with van der Waals surface area (Å²) in [6.45, 7) is 5.06. The van der Waals surface area contributed by atoms with Crippen molar-refractivity contribution in [3.63, 3.8) is 0 Å². The quantitative estimate of drug-likeness (QED) is 0.883. The maximum Gasteiger partial charge on any atom is 0.253 e. The van der Waals surface area contributed by atoms with Gasteiger partial charge in [0.2, 0.25) is 0 Å². The second-order valence-electron chi connectivity index (χ2n) is 5.59. The SMILES string of the molecule is CC(=C1CCCC1)c1nc(C2CNCCN2C)no1. The highest BCUT2D eigenvalue weighted by Gasteiger charge is 2.26. The second-order valence-corrected chi connectivity index (χ2v) is 5.59. The molecule has 2 fully saturated rings. The molecule has 1 aliphatic carbocycles. The van der Waals surface area contributed by atoms with Crippen LogP contribution in [0.5, 0.6) is 0 Å². The molecule has 1 aliphatic heterocycles. The first-order valence-corrected chi connectivity index (χ1v) is 7.19. The minimum Gasteiger partial charge on any atom is -0.334 e. The lowest BCUT2D eigenvalue weighted by atomic mass is 10.1. The van der Waals surface area contributed by atoms with Crippen LogP contribution in [0.3, 0.4) is 0 Å². The summed E-state index contributed by atoms with van der Waals surface area (Å²) in [4.78, 5) is 6.89. The molecule has 0 spiro atoms. The number of aromatic nitrogens is 2. The Bertz CT molecular complexity index is 472. The highest BCUT2D eigenvalue weighted by Crippen LogP contribution is 2.31. The lowest BCUT2D eigenvalue weighted by Crippen LogP contribution is -2.44. The highest BCUT2D eigenvalue weighted by atomic mass is 16.5. The van der Waals surface area contributed by atoms with E-state index >= 15 is 0 Å². The monoisotopic (exact) mass is 262 g/mol. The van der Waals surface area contributed by atoms with Crippen molar-refractivity contribution >= 4 is 5.57 Å². The van der Waals surface area contributed by atoms with Crippen molar-refractivity contribution in [1.29, 1.82) is 0 Å². The summed E-state index contributed by atoms with van der Waals surface area (Å²) in [5.74, 6) is 1.52. The van der Waals surface area contributed by atoms with Crippen LogP contribution in [-0.4, -0.2) is 41.7 Å². The molecule has 104 valence electrons. The van der Waals surface area contributed by atoms with Gasteiger partial charge in [-0.15, -0.1) is 0 Å². The smallest absolute Gasteiger partial charge is 0.253 e. The Morgan fingerprint density at radius 2 is 2.16 bits per heavy atom. The van der Waals surface area contributed by atoms with Gasteiger partial charge in [0.1, 0.15) is 0 Å². The summed E-state index contributed by atoms with van der Waals surface area (Å²) in [5.41, 5.74) is 2.69. The molecule has 0 radical (unpaired) electrons. The van der Waals surface area contributed by atoms with Crippen LogP contribution in [0.4, 0.5) is 0 Å². The van der Waals surface area contributed by atoms with Gasteiger partial charge in [-0.1, -0.05) is 10.7 Å². The largest absolute Gasteiger partial charge is 0.334 e. The average molecular weight is 262 g/mol. The van der Waals surface area contributed by atoms with E-state index in [1.165, 1.54) is 36.8 Å². The van der Waals surface area contributed by atoms with Crippen LogP contribution in [0.25, 0.3) is 5.57 Å². The third-order valence-corrected chi connectivity index (χ3v) is 4.31. The fourth-order valence-electron chi connectivity index (χ4n) is 2.94. The number of likely N-dealkylation sites (N-methyl/N-ethyl adjacent to an activating group) is 1. The minimum absolute atomic E-state index is 0.229. The fourth-order valence-corrected chi connectivity index (χ4v) is 2.94. The average Bonchev–Trinajstić information content (AvgIpc) is 3.10. The Balaban J connectivity index is 1.81. The molecule has 5 nitrogen and oxygen atoms in total. The Kier molecular flexibility index (Phi) is 3.66. The van der Waals surface area contributed by atoms with Crippen LogP contribution in [0.1, 0.15) is 50.4 Å². The molecule has 1 unspecified atom stereocenters. The van der Waals surface area contributed by atoms with Crippen molar-refractivity contribution in [3.05, 3.63) is 17.3 Å². The first-order valence-electron chi connectivity index (χ1n) is 7.19. The predicted octanol–water partition coefficient (Wildman–Crippen LogP) is 1.99. The normalized spacial score (nSPS) is 24.9. The number of hydrogen-bond acceptors (Lipinski definition) is 5. The van der Waals surface area contributed by atoms with Crippen molar-refractivity contribution in [2.75, 3.05) is 26.7 Å². The van der Waals surface area contributed by atoms with E-state index in [1.807, 2.05) is 0 Å². The number of nitrogens with zero attached hydrogens (tertiary/aromatic N) is 3. The third kappa shape index (κ3) is 2.58. The molecule has 0 bridgehead atoms. The molecule has 3 rings (SSSR count). The third-order valence-electron chi connectivity index (χ3n) is 4.31. The van der Waals surface area contributed by atoms with Crippen molar-refractivity contribution < 1.29 is 4.52 Å². The van der Waals surface area contributed by atoms with Crippen LogP contribution in [0.15, 0.2) is 10.1 Å². The van der Waals surface area contributed by atoms with E-state index in [0.29, 0.717) is 5.89 Å². The summed E-state index contributed by atoms with van der Waals surface area (Å²) in [5, 5.41) is 7.56. The summed E-state index contributed by atoms with van der Waals surface area (Å²) in [7, 11) is 2.11. The second kappa shape index (κ2) is 5.43. The van der Waals surface area contributed by atoms with Crippen LogP contribution in [0, 0.1) is 0 Å². The molecule has 2 aliphatic rings. The molecule has 0 aromatic carbocycles. The van der Waals surface area contributed by atoms with Gasteiger partial charge < -0.3 is 9.84 Å². The number of piperazine rings is 1. The van der Waals surface area contributed by atoms with Gasteiger partial charge in [-0.05, 0) is 39.7 Å². The van der Waals surface area contributed by atoms with Crippen LogP contribution < -0.4 is 5.32 Å². The Labute approximate surface area is 114 Å². The molecular formula is C14H22N4O. The maximum absolute atomic E-state index is 5.47. The fraction of sp³-hybridized carbons (Fsp3) is 0.714. The van der Waals surface area contributed by atoms with Gasteiger partial charge >= 0.3 is 0 Å². The summed E-state index contributed by atoms with van der Waals surface area (Å²) in [6, 6.07) is 0.229. The Hall–Kier alpha value is -1.20. The van der Waals surface area contributed by atoms with E-state index < -0.39 is 0 Å². The molecule has 19 heavy (non-hydrogen) atoms. The molecule has 1 atom stereocenters. The Morgan fingerprint density at radius 3 is 2.89 bits per heavy atom. The van der Waals surface area contributed by atoms with E-state index in [0.717, 1.165) is 25.5 Å². The molecule has 1 saturated heterocycles. The highest BCUT2D eigenvalue weighted by molar-refractivity contribution is 5.60. The van der Waals surface area contributed by atoms with Crippen molar-refractivity contribution in [3.8, 4) is 0 Å². The summed E-state index contributed by atoms with van der Waals surface area (Å²) < 4.78 is 5.47.